The van der Waals surface area contributed by atoms with E-state index in [9.17, 15) is 0 Å². The van der Waals surface area contributed by atoms with E-state index in [0.717, 1.165) is 18.7 Å². The summed E-state index contributed by atoms with van der Waals surface area (Å²) >= 11 is 0. The molecule has 0 aliphatic carbocycles. The van der Waals surface area contributed by atoms with E-state index in [-0.39, 0.29) is 0 Å². The third-order valence-corrected chi connectivity index (χ3v) is 1.22. The minimum absolute atomic E-state index is 0.871. The Hall–Kier alpha value is -1.27. The minimum Gasteiger partial charge on any atom is -0.319 e. The van der Waals surface area contributed by atoms with Gasteiger partial charge in [-0.1, -0.05) is 5.92 Å². The molecule has 0 saturated carbocycles. The lowest BCUT2D eigenvalue weighted by Gasteiger charge is -1.86. The standard InChI is InChI=1S/C8H11N3/c1-9-6-3-2-4-8-5-7-10-11-8/h5,7,9H,3,6H2,1H3,(H,10,11). The van der Waals surface area contributed by atoms with E-state index in [1.165, 1.54) is 0 Å². The lowest BCUT2D eigenvalue weighted by atomic mass is 10.4. The molecule has 1 heterocycles. The highest BCUT2D eigenvalue weighted by atomic mass is 15.1. The van der Waals surface area contributed by atoms with Crippen molar-refractivity contribution >= 4 is 0 Å². The summed E-state index contributed by atoms with van der Waals surface area (Å²) in [5.41, 5.74) is 0.876. The van der Waals surface area contributed by atoms with Crippen molar-refractivity contribution in [3.8, 4) is 11.8 Å². The SMILES string of the molecule is CNCCC#Cc1ccn[nH]1. The van der Waals surface area contributed by atoms with Crippen LogP contribution in [0.1, 0.15) is 12.1 Å². The second kappa shape index (κ2) is 4.53. The first-order chi connectivity index (χ1) is 5.43. The zero-order chi connectivity index (χ0) is 7.94. The van der Waals surface area contributed by atoms with Crippen LogP contribution in [0.3, 0.4) is 0 Å². The molecule has 0 aliphatic rings. The van der Waals surface area contributed by atoms with E-state index in [2.05, 4.69) is 27.4 Å². The van der Waals surface area contributed by atoms with Gasteiger partial charge >= 0.3 is 0 Å². The number of hydrogen-bond acceptors (Lipinski definition) is 2. The first-order valence-electron chi connectivity index (χ1n) is 3.56. The third kappa shape index (κ3) is 2.87. The number of nitrogens with one attached hydrogen (secondary N) is 2. The van der Waals surface area contributed by atoms with Crippen LogP contribution >= 0.6 is 0 Å². The van der Waals surface area contributed by atoms with Crippen LogP contribution in [0.15, 0.2) is 12.3 Å². The summed E-state index contributed by atoms with van der Waals surface area (Å²) in [6, 6.07) is 1.85. The van der Waals surface area contributed by atoms with Crippen LogP contribution in [0.2, 0.25) is 0 Å². The Morgan fingerprint density at radius 3 is 3.27 bits per heavy atom. The Morgan fingerprint density at radius 1 is 1.73 bits per heavy atom. The fourth-order valence-corrected chi connectivity index (χ4v) is 0.671. The average molecular weight is 149 g/mol. The van der Waals surface area contributed by atoms with Crippen molar-refractivity contribution in [2.24, 2.45) is 0 Å². The van der Waals surface area contributed by atoms with Gasteiger partial charge in [0.2, 0.25) is 0 Å². The summed E-state index contributed by atoms with van der Waals surface area (Å²) in [6.45, 7) is 0.932. The predicted octanol–water partition coefficient (Wildman–Crippen LogP) is 0.371. The summed E-state index contributed by atoms with van der Waals surface area (Å²) in [7, 11) is 1.91. The Labute approximate surface area is 66.2 Å². The van der Waals surface area contributed by atoms with Gasteiger partial charge in [-0.2, -0.15) is 5.10 Å². The molecule has 0 radical (unpaired) electrons. The van der Waals surface area contributed by atoms with E-state index in [0.29, 0.717) is 0 Å². The van der Waals surface area contributed by atoms with Crippen LogP contribution in [0.25, 0.3) is 0 Å². The van der Waals surface area contributed by atoms with E-state index in [1.807, 2.05) is 13.1 Å². The Morgan fingerprint density at radius 2 is 2.64 bits per heavy atom. The van der Waals surface area contributed by atoms with Gasteiger partial charge in [-0.05, 0) is 19.0 Å². The number of aromatic nitrogens is 2. The average Bonchev–Trinajstić information content (AvgIpc) is 2.50. The molecule has 0 fully saturated rings. The molecular formula is C8H11N3. The number of H-pyrrole nitrogens is 1. The highest BCUT2D eigenvalue weighted by molar-refractivity contribution is 5.25. The van der Waals surface area contributed by atoms with Crippen LogP contribution in [0.4, 0.5) is 0 Å². The van der Waals surface area contributed by atoms with Crippen LogP contribution in [-0.2, 0) is 0 Å². The van der Waals surface area contributed by atoms with E-state index < -0.39 is 0 Å². The second-order valence-corrected chi connectivity index (χ2v) is 2.13. The maximum absolute atomic E-state index is 3.78. The van der Waals surface area contributed by atoms with Crippen LogP contribution in [-0.4, -0.2) is 23.8 Å². The molecule has 3 heteroatoms. The molecule has 58 valence electrons. The smallest absolute Gasteiger partial charge is 0.107 e. The molecular weight excluding hydrogens is 138 g/mol. The monoisotopic (exact) mass is 149 g/mol. The fraction of sp³-hybridized carbons (Fsp3) is 0.375. The summed E-state index contributed by atoms with van der Waals surface area (Å²) in [6.07, 6.45) is 2.57. The molecule has 0 amide bonds. The summed E-state index contributed by atoms with van der Waals surface area (Å²) in [5, 5.41) is 9.57. The highest BCUT2D eigenvalue weighted by Gasteiger charge is 1.82. The van der Waals surface area contributed by atoms with Gasteiger partial charge in [0.05, 0.1) is 0 Å². The van der Waals surface area contributed by atoms with E-state index in [1.54, 1.807) is 6.20 Å². The van der Waals surface area contributed by atoms with E-state index in [4.69, 9.17) is 0 Å². The molecule has 2 N–H and O–H groups in total. The topological polar surface area (TPSA) is 40.7 Å². The summed E-state index contributed by atoms with van der Waals surface area (Å²) in [5.74, 6) is 5.96. The summed E-state index contributed by atoms with van der Waals surface area (Å²) in [4.78, 5) is 0. The number of hydrogen-bond donors (Lipinski definition) is 2. The van der Waals surface area contributed by atoms with Crippen molar-refractivity contribution in [3.63, 3.8) is 0 Å². The van der Waals surface area contributed by atoms with Crippen LogP contribution in [0.5, 0.6) is 0 Å². The third-order valence-electron chi connectivity index (χ3n) is 1.22. The minimum atomic E-state index is 0.871. The van der Waals surface area contributed by atoms with Crippen LogP contribution in [0, 0.1) is 11.8 Å². The van der Waals surface area contributed by atoms with Crippen molar-refractivity contribution in [1.82, 2.24) is 15.5 Å². The van der Waals surface area contributed by atoms with Crippen molar-refractivity contribution < 1.29 is 0 Å². The van der Waals surface area contributed by atoms with Crippen LogP contribution < -0.4 is 5.32 Å². The lowest BCUT2D eigenvalue weighted by molar-refractivity contribution is 0.818. The Kier molecular flexibility index (Phi) is 3.23. The van der Waals surface area contributed by atoms with Crippen molar-refractivity contribution in [2.75, 3.05) is 13.6 Å². The normalized spacial score (nSPS) is 8.82. The molecule has 0 aromatic carbocycles. The largest absolute Gasteiger partial charge is 0.319 e. The van der Waals surface area contributed by atoms with Crippen molar-refractivity contribution in [2.45, 2.75) is 6.42 Å². The first-order valence-corrected chi connectivity index (χ1v) is 3.56. The fourth-order valence-electron chi connectivity index (χ4n) is 0.671. The van der Waals surface area contributed by atoms with Crippen molar-refractivity contribution in [3.05, 3.63) is 18.0 Å². The quantitative estimate of drug-likeness (QED) is 0.471. The van der Waals surface area contributed by atoms with E-state index >= 15 is 0 Å². The van der Waals surface area contributed by atoms with Gasteiger partial charge in [-0.25, -0.2) is 0 Å². The number of aromatic amines is 1. The predicted molar refractivity (Wildman–Crippen MR) is 44.0 cm³/mol. The highest BCUT2D eigenvalue weighted by Crippen LogP contribution is 1.86. The zero-order valence-corrected chi connectivity index (χ0v) is 6.52. The van der Waals surface area contributed by atoms with Gasteiger partial charge in [0.15, 0.2) is 0 Å². The molecule has 0 atom stereocenters. The molecule has 0 unspecified atom stereocenters. The first kappa shape index (κ1) is 7.83. The zero-order valence-electron chi connectivity index (χ0n) is 6.52. The Balaban J connectivity index is 2.33. The van der Waals surface area contributed by atoms with Gasteiger partial charge in [0.1, 0.15) is 5.69 Å². The maximum atomic E-state index is 3.78. The molecule has 1 rings (SSSR count). The number of rotatable bonds is 2. The van der Waals surface area contributed by atoms with Gasteiger partial charge in [-0.3, -0.25) is 5.10 Å². The summed E-state index contributed by atoms with van der Waals surface area (Å²) < 4.78 is 0. The molecule has 11 heavy (non-hydrogen) atoms. The molecule has 1 aromatic rings. The second-order valence-electron chi connectivity index (χ2n) is 2.13. The number of nitrogens with zero attached hydrogens (tertiary/aromatic N) is 1. The van der Waals surface area contributed by atoms with Gasteiger partial charge in [0, 0.05) is 19.2 Å². The van der Waals surface area contributed by atoms with Gasteiger partial charge in [0.25, 0.3) is 0 Å². The van der Waals surface area contributed by atoms with Gasteiger partial charge < -0.3 is 5.32 Å². The lowest BCUT2D eigenvalue weighted by Crippen LogP contribution is -2.05. The molecule has 0 spiro atoms. The Bertz CT molecular complexity index is 240. The molecule has 0 bridgehead atoms. The molecule has 3 nitrogen and oxygen atoms in total. The van der Waals surface area contributed by atoms with Crippen molar-refractivity contribution in [1.29, 1.82) is 0 Å². The maximum Gasteiger partial charge on any atom is 0.107 e. The van der Waals surface area contributed by atoms with Gasteiger partial charge in [-0.15, -0.1) is 0 Å². The molecule has 0 aliphatic heterocycles. The molecule has 1 aromatic heterocycles. The molecule has 0 saturated heterocycles.